The molecule has 4 N–H and O–H groups in total. The van der Waals surface area contributed by atoms with Crippen molar-refractivity contribution in [1.82, 2.24) is 10.3 Å². The zero-order valence-electron chi connectivity index (χ0n) is 8.01. The first-order valence-electron chi connectivity index (χ1n) is 4.10. The first-order valence-corrected chi connectivity index (χ1v) is 5.58. The summed E-state index contributed by atoms with van der Waals surface area (Å²) in [5.74, 6) is -2.52. The summed E-state index contributed by atoms with van der Waals surface area (Å²) in [6.07, 6.45) is 0. The van der Waals surface area contributed by atoms with Gasteiger partial charge in [0.1, 0.15) is 0 Å². The zero-order chi connectivity index (χ0) is 12.2. The van der Waals surface area contributed by atoms with Crippen molar-refractivity contribution in [3.05, 3.63) is 30.3 Å². The number of hydrogen-bond acceptors (Lipinski definition) is 4. The van der Waals surface area contributed by atoms with E-state index in [1.54, 1.807) is 16.3 Å². The standard InChI is InChI=1S/C8H9N3O4S/c9-7(12)8(13)10-11-16(14,15)6-4-2-1-3-5-6/h1-5,11H,(H2,9,12)(H,10,13). The van der Waals surface area contributed by atoms with E-state index in [0.717, 1.165) is 0 Å². The Kier molecular flexibility index (Phi) is 3.59. The molecule has 1 aromatic rings. The molecule has 0 bridgehead atoms. The number of rotatable bonds is 3. The third kappa shape index (κ3) is 3.04. The molecule has 16 heavy (non-hydrogen) atoms. The second-order valence-corrected chi connectivity index (χ2v) is 4.42. The van der Waals surface area contributed by atoms with Crippen LogP contribution in [0.5, 0.6) is 0 Å². The average molecular weight is 243 g/mol. The molecule has 86 valence electrons. The van der Waals surface area contributed by atoms with Gasteiger partial charge in [-0.1, -0.05) is 18.2 Å². The largest absolute Gasteiger partial charge is 0.361 e. The van der Waals surface area contributed by atoms with Gasteiger partial charge in [0.25, 0.3) is 10.0 Å². The van der Waals surface area contributed by atoms with Gasteiger partial charge in [-0.2, -0.15) is 0 Å². The Bertz CT molecular complexity index is 497. The van der Waals surface area contributed by atoms with Crippen molar-refractivity contribution in [1.29, 1.82) is 0 Å². The number of amides is 2. The van der Waals surface area contributed by atoms with Crippen LogP contribution in [0.15, 0.2) is 35.2 Å². The van der Waals surface area contributed by atoms with Crippen molar-refractivity contribution in [2.24, 2.45) is 5.73 Å². The van der Waals surface area contributed by atoms with Gasteiger partial charge in [-0.25, -0.2) is 8.42 Å². The van der Waals surface area contributed by atoms with Crippen LogP contribution < -0.4 is 16.0 Å². The number of nitrogens with two attached hydrogens (primary N) is 1. The van der Waals surface area contributed by atoms with Crippen molar-refractivity contribution >= 4 is 21.8 Å². The predicted octanol–water partition coefficient (Wildman–Crippen LogP) is -1.52. The van der Waals surface area contributed by atoms with E-state index in [1.165, 1.54) is 24.3 Å². The highest BCUT2D eigenvalue weighted by molar-refractivity contribution is 7.89. The molecule has 1 aromatic carbocycles. The summed E-state index contributed by atoms with van der Waals surface area (Å²) in [5, 5.41) is 0. The van der Waals surface area contributed by atoms with Crippen molar-refractivity contribution < 1.29 is 18.0 Å². The van der Waals surface area contributed by atoms with Crippen LogP contribution in [-0.2, 0) is 19.6 Å². The molecular formula is C8H9N3O4S. The first-order chi connectivity index (χ1) is 7.43. The minimum absolute atomic E-state index is 0.0419. The van der Waals surface area contributed by atoms with Crippen LogP contribution in [0, 0.1) is 0 Å². The van der Waals surface area contributed by atoms with Gasteiger partial charge < -0.3 is 5.73 Å². The molecule has 0 aliphatic heterocycles. The highest BCUT2D eigenvalue weighted by Crippen LogP contribution is 2.05. The molecule has 2 amide bonds. The summed E-state index contributed by atoms with van der Waals surface area (Å²) in [7, 11) is -3.88. The molecule has 0 radical (unpaired) electrons. The number of sulfonamides is 1. The van der Waals surface area contributed by atoms with E-state index >= 15 is 0 Å². The van der Waals surface area contributed by atoms with Gasteiger partial charge in [0.05, 0.1) is 4.90 Å². The highest BCUT2D eigenvalue weighted by Gasteiger charge is 2.16. The SMILES string of the molecule is NC(=O)C(=O)NNS(=O)(=O)c1ccccc1. The van der Waals surface area contributed by atoms with E-state index in [2.05, 4.69) is 5.73 Å². The van der Waals surface area contributed by atoms with Crippen molar-refractivity contribution in [3.63, 3.8) is 0 Å². The van der Waals surface area contributed by atoms with Crippen LogP contribution in [0.4, 0.5) is 0 Å². The van der Waals surface area contributed by atoms with E-state index in [4.69, 9.17) is 0 Å². The Hall–Kier alpha value is -1.93. The minimum Gasteiger partial charge on any atom is -0.361 e. The molecule has 0 aliphatic carbocycles. The molecule has 0 spiro atoms. The van der Waals surface area contributed by atoms with Crippen LogP contribution in [0.3, 0.4) is 0 Å². The van der Waals surface area contributed by atoms with Gasteiger partial charge >= 0.3 is 11.8 Å². The maximum atomic E-state index is 11.5. The molecule has 0 heterocycles. The fourth-order valence-corrected chi connectivity index (χ4v) is 1.69. The Balaban J connectivity index is 2.75. The fraction of sp³-hybridized carbons (Fsp3) is 0. The van der Waals surface area contributed by atoms with E-state index < -0.39 is 21.8 Å². The van der Waals surface area contributed by atoms with Gasteiger partial charge in [-0.15, -0.1) is 4.83 Å². The van der Waals surface area contributed by atoms with E-state index in [9.17, 15) is 18.0 Å². The maximum absolute atomic E-state index is 11.5. The average Bonchev–Trinajstić information content (AvgIpc) is 2.27. The molecule has 1 rings (SSSR count). The summed E-state index contributed by atoms with van der Waals surface area (Å²) in [6, 6.07) is 7.34. The van der Waals surface area contributed by atoms with Crippen LogP contribution in [0.2, 0.25) is 0 Å². The van der Waals surface area contributed by atoms with Gasteiger partial charge in [0, 0.05) is 0 Å². The molecule has 7 nitrogen and oxygen atoms in total. The first kappa shape index (κ1) is 12.1. The second-order valence-electron chi connectivity index (χ2n) is 2.74. The Labute approximate surface area is 91.7 Å². The summed E-state index contributed by atoms with van der Waals surface area (Å²) < 4.78 is 23.0. The van der Waals surface area contributed by atoms with Gasteiger partial charge in [0.15, 0.2) is 0 Å². The summed E-state index contributed by atoms with van der Waals surface area (Å²) >= 11 is 0. The van der Waals surface area contributed by atoms with Crippen LogP contribution in [0.1, 0.15) is 0 Å². The third-order valence-electron chi connectivity index (χ3n) is 1.58. The fourth-order valence-electron chi connectivity index (χ4n) is 0.834. The lowest BCUT2D eigenvalue weighted by molar-refractivity contribution is -0.137. The highest BCUT2D eigenvalue weighted by atomic mass is 32.2. The Morgan fingerprint density at radius 2 is 1.69 bits per heavy atom. The summed E-state index contributed by atoms with van der Waals surface area (Å²) in [6.45, 7) is 0. The quantitative estimate of drug-likeness (QED) is 0.441. The molecule has 0 aromatic heterocycles. The van der Waals surface area contributed by atoms with Gasteiger partial charge in [-0.3, -0.25) is 15.0 Å². The number of nitrogens with one attached hydrogen (secondary N) is 2. The molecular weight excluding hydrogens is 234 g/mol. The van der Waals surface area contributed by atoms with Crippen molar-refractivity contribution in [2.75, 3.05) is 0 Å². The molecule has 0 aliphatic rings. The maximum Gasteiger partial charge on any atom is 0.324 e. The molecule has 0 saturated carbocycles. The Morgan fingerprint density at radius 1 is 1.12 bits per heavy atom. The normalized spacial score (nSPS) is 10.8. The van der Waals surface area contributed by atoms with Gasteiger partial charge in [-0.05, 0) is 12.1 Å². The number of hydrogen-bond donors (Lipinski definition) is 3. The molecule has 0 atom stereocenters. The summed E-state index contributed by atoms with van der Waals surface area (Å²) in [4.78, 5) is 22.7. The lowest BCUT2D eigenvalue weighted by Gasteiger charge is -2.06. The second kappa shape index (κ2) is 4.73. The lowest BCUT2D eigenvalue weighted by Crippen LogP contribution is -2.46. The van der Waals surface area contributed by atoms with Crippen molar-refractivity contribution in [2.45, 2.75) is 4.90 Å². The van der Waals surface area contributed by atoms with E-state index in [0.29, 0.717) is 0 Å². The topological polar surface area (TPSA) is 118 Å². The number of carbonyl (C=O) groups excluding carboxylic acids is 2. The molecule has 0 fully saturated rings. The number of primary amides is 1. The Morgan fingerprint density at radius 3 is 2.19 bits per heavy atom. The van der Waals surface area contributed by atoms with Crippen molar-refractivity contribution in [3.8, 4) is 0 Å². The number of carbonyl (C=O) groups is 2. The third-order valence-corrected chi connectivity index (χ3v) is 2.84. The van der Waals surface area contributed by atoms with E-state index in [1.807, 2.05) is 0 Å². The number of hydrazine groups is 1. The van der Waals surface area contributed by atoms with Crippen LogP contribution in [-0.4, -0.2) is 20.2 Å². The van der Waals surface area contributed by atoms with Crippen LogP contribution in [0.25, 0.3) is 0 Å². The van der Waals surface area contributed by atoms with Gasteiger partial charge in [0.2, 0.25) is 0 Å². The number of benzene rings is 1. The monoisotopic (exact) mass is 243 g/mol. The van der Waals surface area contributed by atoms with E-state index in [-0.39, 0.29) is 4.90 Å². The lowest BCUT2D eigenvalue weighted by atomic mass is 10.4. The minimum atomic E-state index is -3.88. The smallest absolute Gasteiger partial charge is 0.324 e. The van der Waals surface area contributed by atoms with Crippen LogP contribution >= 0.6 is 0 Å². The zero-order valence-corrected chi connectivity index (χ0v) is 8.82. The molecule has 8 heteroatoms. The summed E-state index contributed by atoms with van der Waals surface area (Å²) in [5.41, 5.74) is 6.29. The predicted molar refractivity (Wildman–Crippen MR) is 54.1 cm³/mol. The molecule has 0 unspecified atom stereocenters. The molecule has 0 saturated heterocycles.